The molecule has 0 fully saturated rings. The third kappa shape index (κ3) is 4.42. The van der Waals surface area contributed by atoms with E-state index in [0.29, 0.717) is 6.54 Å². The number of oxime groups is 1. The Kier molecular flexibility index (Phi) is 5.90. The molecular formula is C18H15BrClN3O3. The Labute approximate surface area is 163 Å². The van der Waals surface area contributed by atoms with E-state index in [-0.39, 0.29) is 28.8 Å². The van der Waals surface area contributed by atoms with Crippen molar-refractivity contribution in [3.63, 3.8) is 0 Å². The molecule has 1 aliphatic heterocycles. The standard InChI is InChI=1S/C18H15BrClN3O3/c19-12-7-5-11(6-8-12)9-21-17(24)13-3-1-2-4-14(13)18(25)22-15-10-26-23-16(15)20/h1-8,15H,9-10H2,(H,21,24)(H,22,25). The van der Waals surface area contributed by atoms with Crippen LogP contribution in [0.3, 0.4) is 0 Å². The van der Waals surface area contributed by atoms with Gasteiger partial charge in [-0.2, -0.15) is 0 Å². The van der Waals surface area contributed by atoms with Crippen molar-refractivity contribution in [2.75, 3.05) is 6.61 Å². The highest BCUT2D eigenvalue weighted by Crippen LogP contribution is 2.13. The molecule has 0 radical (unpaired) electrons. The molecule has 0 aromatic heterocycles. The Balaban J connectivity index is 1.69. The van der Waals surface area contributed by atoms with Gasteiger partial charge in [0.1, 0.15) is 12.6 Å². The van der Waals surface area contributed by atoms with Gasteiger partial charge in [0.15, 0.2) is 5.17 Å². The number of benzene rings is 2. The summed E-state index contributed by atoms with van der Waals surface area (Å²) in [5.41, 5.74) is 1.50. The Bertz CT molecular complexity index is 855. The van der Waals surface area contributed by atoms with Crippen LogP contribution >= 0.6 is 27.5 Å². The molecule has 6 nitrogen and oxygen atoms in total. The summed E-state index contributed by atoms with van der Waals surface area (Å²) >= 11 is 9.24. The molecule has 1 unspecified atom stereocenters. The predicted molar refractivity (Wildman–Crippen MR) is 102 cm³/mol. The topological polar surface area (TPSA) is 79.8 Å². The first-order chi connectivity index (χ1) is 12.5. The Morgan fingerprint density at radius 2 is 1.77 bits per heavy atom. The summed E-state index contributed by atoms with van der Waals surface area (Å²) in [7, 11) is 0. The van der Waals surface area contributed by atoms with Crippen molar-refractivity contribution in [2.24, 2.45) is 5.16 Å². The third-order valence-corrected chi connectivity index (χ3v) is 4.63. The molecule has 0 bridgehead atoms. The van der Waals surface area contributed by atoms with Gasteiger partial charge in [0.25, 0.3) is 11.8 Å². The van der Waals surface area contributed by atoms with Gasteiger partial charge in [0.05, 0.1) is 11.1 Å². The summed E-state index contributed by atoms with van der Waals surface area (Å²) in [6.45, 7) is 0.527. The summed E-state index contributed by atoms with van der Waals surface area (Å²) in [4.78, 5) is 29.9. The second-order valence-electron chi connectivity index (χ2n) is 5.59. The fraction of sp³-hybridized carbons (Fsp3) is 0.167. The van der Waals surface area contributed by atoms with Crippen LogP contribution in [-0.2, 0) is 11.4 Å². The number of carbonyl (C=O) groups excluding carboxylic acids is 2. The van der Waals surface area contributed by atoms with E-state index in [1.807, 2.05) is 24.3 Å². The van der Waals surface area contributed by atoms with Crippen LogP contribution in [0.5, 0.6) is 0 Å². The molecule has 0 saturated heterocycles. The second kappa shape index (κ2) is 8.33. The fourth-order valence-electron chi connectivity index (χ4n) is 2.40. The van der Waals surface area contributed by atoms with Crippen molar-refractivity contribution in [2.45, 2.75) is 12.6 Å². The van der Waals surface area contributed by atoms with Gasteiger partial charge < -0.3 is 15.5 Å². The highest BCUT2D eigenvalue weighted by molar-refractivity contribution is 9.10. The zero-order chi connectivity index (χ0) is 18.5. The molecule has 2 aromatic carbocycles. The van der Waals surface area contributed by atoms with Gasteiger partial charge in [-0.3, -0.25) is 9.59 Å². The molecule has 26 heavy (non-hydrogen) atoms. The SMILES string of the molecule is O=C(NCc1ccc(Br)cc1)c1ccccc1C(=O)NC1CON=C1Cl. The number of hydrogen-bond acceptors (Lipinski definition) is 4. The molecular weight excluding hydrogens is 422 g/mol. The number of amides is 2. The van der Waals surface area contributed by atoms with E-state index in [2.05, 4.69) is 31.7 Å². The molecule has 2 aromatic rings. The maximum Gasteiger partial charge on any atom is 0.252 e. The lowest BCUT2D eigenvalue weighted by Gasteiger charge is -2.13. The molecule has 1 heterocycles. The Morgan fingerprint density at radius 1 is 1.12 bits per heavy atom. The van der Waals surface area contributed by atoms with Crippen molar-refractivity contribution in [3.05, 3.63) is 69.7 Å². The average Bonchev–Trinajstić information content (AvgIpc) is 3.05. The minimum atomic E-state index is -0.511. The maximum absolute atomic E-state index is 12.5. The lowest BCUT2D eigenvalue weighted by atomic mass is 10.1. The van der Waals surface area contributed by atoms with Gasteiger partial charge in [-0.15, -0.1) is 0 Å². The number of nitrogens with one attached hydrogen (secondary N) is 2. The summed E-state index contributed by atoms with van der Waals surface area (Å²) in [5, 5.41) is 9.28. The molecule has 134 valence electrons. The number of halogens is 2. The van der Waals surface area contributed by atoms with Gasteiger partial charge in [0, 0.05) is 11.0 Å². The van der Waals surface area contributed by atoms with Crippen LogP contribution in [0.2, 0.25) is 0 Å². The Hall–Kier alpha value is -2.38. The fourth-order valence-corrected chi connectivity index (χ4v) is 2.83. The molecule has 0 spiro atoms. The zero-order valence-electron chi connectivity index (χ0n) is 13.5. The van der Waals surface area contributed by atoms with Crippen LogP contribution in [0.4, 0.5) is 0 Å². The van der Waals surface area contributed by atoms with Gasteiger partial charge in [0.2, 0.25) is 0 Å². The lowest BCUT2D eigenvalue weighted by molar-refractivity contribution is 0.0901. The molecule has 3 rings (SSSR count). The summed E-state index contributed by atoms with van der Waals surface area (Å²) in [6, 6.07) is 13.7. The first-order valence-corrected chi connectivity index (χ1v) is 8.99. The number of nitrogens with zero attached hydrogens (tertiary/aromatic N) is 1. The lowest BCUT2D eigenvalue weighted by Crippen LogP contribution is -2.40. The number of carbonyl (C=O) groups is 2. The van der Waals surface area contributed by atoms with Crippen molar-refractivity contribution in [1.82, 2.24) is 10.6 Å². The second-order valence-corrected chi connectivity index (χ2v) is 6.89. The normalized spacial score (nSPS) is 15.8. The summed E-state index contributed by atoms with van der Waals surface area (Å²) in [6.07, 6.45) is 0. The van der Waals surface area contributed by atoms with Crippen molar-refractivity contribution >= 4 is 44.5 Å². The van der Waals surface area contributed by atoms with E-state index in [1.54, 1.807) is 24.3 Å². The van der Waals surface area contributed by atoms with Gasteiger partial charge >= 0.3 is 0 Å². The minimum absolute atomic E-state index is 0.169. The van der Waals surface area contributed by atoms with Gasteiger partial charge in [-0.25, -0.2) is 0 Å². The summed E-state index contributed by atoms with van der Waals surface area (Å²) in [5.74, 6) is -0.746. The molecule has 0 saturated carbocycles. The Morgan fingerprint density at radius 3 is 2.38 bits per heavy atom. The summed E-state index contributed by atoms with van der Waals surface area (Å²) < 4.78 is 0.965. The van der Waals surface area contributed by atoms with Crippen molar-refractivity contribution in [3.8, 4) is 0 Å². The van der Waals surface area contributed by atoms with Gasteiger partial charge in [-0.1, -0.05) is 57.0 Å². The van der Waals surface area contributed by atoms with E-state index in [4.69, 9.17) is 16.4 Å². The number of rotatable bonds is 5. The van der Waals surface area contributed by atoms with E-state index < -0.39 is 11.9 Å². The smallest absolute Gasteiger partial charge is 0.252 e. The molecule has 2 N–H and O–H groups in total. The molecule has 2 amide bonds. The first-order valence-electron chi connectivity index (χ1n) is 7.82. The third-order valence-electron chi connectivity index (χ3n) is 3.77. The maximum atomic E-state index is 12.5. The monoisotopic (exact) mass is 435 g/mol. The van der Waals surface area contributed by atoms with E-state index >= 15 is 0 Å². The highest BCUT2D eigenvalue weighted by Gasteiger charge is 2.25. The van der Waals surface area contributed by atoms with E-state index in [9.17, 15) is 9.59 Å². The van der Waals surface area contributed by atoms with Crippen LogP contribution < -0.4 is 10.6 Å². The average molecular weight is 437 g/mol. The van der Waals surface area contributed by atoms with Crippen LogP contribution in [0.15, 0.2) is 58.2 Å². The largest absolute Gasteiger partial charge is 0.392 e. The van der Waals surface area contributed by atoms with Crippen LogP contribution in [0.1, 0.15) is 26.3 Å². The van der Waals surface area contributed by atoms with Crippen LogP contribution in [-0.4, -0.2) is 29.6 Å². The highest BCUT2D eigenvalue weighted by atomic mass is 79.9. The molecule has 0 aliphatic carbocycles. The van der Waals surface area contributed by atoms with Crippen molar-refractivity contribution < 1.29 is 14.4 Å². The van der Waals surface area contributed by atoms with E-state index in [0.717, 1.165) is 10.0 Å². The quantitative estimate of drug-likeness (QED) is 0.756. The van der Waals surface area contributed by atoms with Gasteiger partial charge in [-0.05, 0) is 29.8 Å². The zero-order valence-corrected chi connectivity index (χ0v) is 15.9. The van der Waals surface area contributed by atoms with Crippen molar-refractivity contribution in [1.29, 1.82) is 0 Å². The predicted octanol–water partition coefficient (Wildman–Crippen LogP) is 3.06. The van der Waals surface area contributed by atoms with Crippen LogP contribution in [0, 0.1) is 0 Å². The van der Waals surface area contributed by atoms with Crippen LogP contribution in [0.25, 0.3) is 0 Å². The molecule has 1 atom stereocenters. The van der Waals surface area contributed by atoms with E-state index in [1.165, 1.54) is 0 Å². The molecule has 1 aliphatic rings. The first kappa shape index (κ1) is 18.4. The molecule has 8 heteroatoms. The minimum Gasteiger partial charge on any atom is -0.392 e. The number of hydrogen-bond donors (Lipinski definition) is 2.